The number of likely N-dealkylation sites (tertiary alicyclic amines) is 1. The number of hydrogen-bond acceptors (Lipinski definition) is 3. The van der Waals surface area contributed by atoms with Crippen LogP contribution in [-0.2, 0) is 0 Å². The second-order valence-corrected chi connectivity index (χ2v) is 3.85. The zero-order valence-corrected chi connectivity index (χ0v) is 9.48. The van der Waals surface area contributed by atoms with Crippen LogP contribution < -0.4 is 0 Å². The van der Waals surface area contributed by atoms with Gasteiger partial charge in [-0.15, -0.1) is 0 Å². The lowest BCUT2D eigenvalue weighted by Crippen LogP contribution is -2.46. The molecule has 5 nitrogen and oxygen atoms in total. The number of amidine groups is 1. The van der Waals surface area contributed by atoms with E-state index in [1.807, 2.05) is 11.9 Å². The number of piperidine rings is 1. The molecule has 1 aliphatic rings. The molecule has 1 aliphatic heterocycles. The van der Waals surface area contributed by atoms with Crippen molar-refractivity contribution in [1.82, 2.24) is 9.91 Å². The fourth-order valence-electron chi connectivity index (χ4n) is 1.97. The van der Waals surface area contributed by atoms with E-state index in [4.69, 9.17) is 5.41 Å². The molecule has 0 aromatic carbocycles. The Balaban J connectivity index is 2.68. The molecular weight excluding hydrogens is 190 g/mol. The zero-order chi connectivity index (χ0) is 11.3. The molecule has 15 heavy (non-hydrogen) atoms. The number of nitrogens with zero attached hydrogens (tertiary/aromatic N) is 4. The lowest BCUT2D eigenvalue weighted by Gasteiger charge is -2.35. The van der Waals surface area contributed by atoms with Crippen LogP contribution >= 0.6 is 0 Å². The van der Waals surface area contributed by atoms with Crippen molar-refractivity contribution in [3.05, 3.63) is 0 Å². The van der Waals surface area contributed by atoms with Crippen LogP contribution in [0.1, 0.15) is 19.8 Å². The summed E-state index contributed by atoms with van der Waals surface area (Å²) < 4.78 is 0. The highest BCUT2D eigenvalue weighted by atomic mass is 15.5. The number of rotatable bonds is 3. The van der Waals surface area contributed by atoms with Crippen LogP contribution in [0.5, 0.6) is 0 Å². The quantitative estimate of drug-likeness (QED) is 0.428. The van der Waals surface area contributed by atoms with Gasteiger partial charge in [0.15, 0.2) is 0 Å². The van der Waals surface area contributed by atoms with Gasteiger partial charge >= 0.3 is 0 Å². The molecule has 84 valence electrons. The third-order valence-electron chi connectivity index (χ3n) is 2.68. The summed E-state index contributed by atoms with van der Waals surface area (Å²) >= 11 is 0. The second kappa shape index (κ2) is 5.60. The minimum atomic E-state index is 0.338. The Kier molecular flexibility index (Phi) is 4.42. The number of hydrazone groups is 1. The molecule has 1 rings (SSSR count). The molecular formula is C10H19N5. The van der Waals surface area contributed by atoms with Crippen molar-refractivity contribution >= 4 is 18.9 Å². The highest BCUT2D eigenvalue weighted by Gasteiger charge is 2.23. The normalized spacial score (nSPS) is 23.6. The Bertz CT molecular complexity index is 261. The fourth-order valence-corrected chi connectivity index (χ4v) is 1.97. The molecule has 1 N–H and O–H groups in total. The Morgan fingerprint density at radius 2 is 2.40 bits per heavy atom. The molecule has 5 heteroatoms. The molecule has 0 radical (unpaired) electrons. The van der Waals surface area contributed by atoms with E-state index in [2.05, 4.69) is 28.8 Å². The fraction of sp³-hybridized carbons (Fsp3) is 0.700. The molecule has 0 aromatic rings. The van der Waals surface area contributed by atoms with Crippen molar-refractivity contribution in [3.8, 4) is 0 Å². The van der Waals surface area contributed by atoms with Gasteiger partial charge in [-0.05, 0) is 33.4 Å². The van der Waals surface area contributed by atoms with Gasteiger partial charge in [0.2, 0.25) is 0 Å². The standard InChI is InChI=1S/C10H19N5/c1-9(13-8-11)15(12-2)10-5-4-6-14(3)7-10/h8,10-11H,2,4-7H2,1,3H3/t10-/m1/s1. The van der Waals surface area contributed by atoms with Gasteiger partial charge in [0.1, 0.15) is 12.2 Å². The van der Waals surface area contributed by atoms with Crippen molar-refractivity contribution < 1.29 is 0 Å². The van der Waals surface area contributed by atoms with Crippen LogP contribution in [0.25, 0.3) is 0 Å². The van der Waals surface area contributed by atoms with Crippen molar-refractivity contribution in [3.63, 3.8) is 0 Å². The molecule has 1 saturated heterocycles. The molecule has 0 amide bonds. The van der Waals surface area contributed by atoms with E-state index in [9.17, 15) is 0 Å². The van der Waals surface area contributed by atoms with E-state index in [0.717, 1.165) is 31.7 Å². The van der Waals surface area contributed by atoms with E-state index in [1.54, 1.807) is 0 Å². The van der Waals surface area contributed by atoms with Crippen molar-refractivity contribution in [1.29, 1.82) is 5.41 Å². The molecule has 0 aliphatic carbocycles. The first-order valence-electron chi connectivity index (χ1n) is 5.16. The SMILES string of the molecule is C=NN(C(C)=NC=N)[C@@H]1CCCN(C)C1. The number of hydrogen-bond donors (Lipinski definition) is 1. The monoisotopic (exact) mass is 209 g/mol. The Labute approximate surface area is 91.0 Å². The van der Waals surface area contributed by atoms with E-state index < -0.39 is 0 Å². The lowest BCUT2D eigenvalue weighted by molar-refractivity contribution is 0.169. The van der Waals surface area contributed by atoms with Gasteiger partial charge in [-0.1, -0.05) is 0 Å². The molecule has 0 aromatic heterocycles. The maximum atomic E-state index is 6.94. The molecule has 0 bridgehead atoms. The first-order valence-corrected chi connectivity index (χ1v) is 5.16. The Morgan fingerprint density at radius 3 is 2.93 bits per heavy atom. The largest absolute Gasteiger partial charge is 0.304 e. The molecule has 0 saturated carbocycles. The van der Waals surface area contributed by atoms with Crippen molar-refractivity contribution in [2.75, 3.05) is 20.1 Å². The van der Waals surface area contributed by atoms with Gasteiger partial charge < -0.3 is 4.90 Å². The molecule has 1 fully saturated rings. The van der Waals surface area contributed by atoms with Gasteiger partial charge in [-0.3, -0.25) is 5.41 Å². The summed E-state index contributed by atoms with van der Waals surface area (Å²) in [6.07, 6.45) is 3.32. The molecule has 1 heterocycles. The number of likely N-dealkylation sites (N-methyl/N-ethyl adjacent to an activating group) is 1. The summed E-state index contributed by atoms with van der Waals surface area (Å²) in [5.41, 5.74) is 0. The summed E-state index contributed by atoms with van der Waals surface area (Å²) in [4.78, 5) is 6.21. The van der Waals surface area contributed by atoms with Gasteiger partial charge in [0, 0.05) is 13.3 Å². The van der Waals surface area contributed by atoms with E-state index >= 15 is 0 Å². The van der Waals surface area contributed by atoms with Gasteiger partial charge in [-0.2, -0.15) is 5.10 Å². The predicted molar refractivity (Wildman–Crippen MR) is 63.8 cm³/mol. The summed E-state index contributed by atoms with van der Waals surface area (Å²) in [6, 6.07) is 0.338. The summed E-state index contributed by atoms with van der Waals surface area (Å²) in [5, 5.41) is 12.8. The van der Waals surface area contributed by atoms with Crippen LogP contribution in [0.3, 0.4) is 0 Å². The van der Waals surface area contributed by atoms with Crippen molar-refractivity contribution in [2.45, 2.75) is 25.8 Å². The summed E-state index contributed by atoms with van der Waals surface area (Å²) in [5.74, 6) is 0.736. The van der Waals surface area contributed by atoms with E-state index in [1.165, 1.54) is 6.42 Å². The predicted octanol–water partition coefficient (Wildman–Crippen LogP) is 1.02. The molecule has 1 atom stereocenters. The minimum Gasteiger partial charge on any atom is -0.304 e. The first-order chi connectivity index (χ1) is 7.19. The molecule has 0 spiro atoms. The smallest absolute Gasteiger partial charge is 0.124 e. The number of nitrogens with one attached hydrogen (secondary N) is 1. The van der Waals surface area contributed by atoms with Crippen LogP contribution in [0.4, 0.5) is 0 Å². The van der Waals surface area contributed by atoms with Crippen LogP contribution in [0.2, 0.25) is 0 Å². The second-order valence-electron chi connectivity index (χ2n) is 3.85. The average Bonchev–Trinajstić information content (AvgIpc) is 2.19. The van der Waals surface area contributed by atoms with E-state index in [-0.39, 0.29) is 0 Å². The summed E-state index contributed by atoms with van der Waals surface area (Å²) in [7, 11) is 2.11. The van der Waals surface area contributed by atoms with Crippen molar-refractivity contribution in [2.24, 2.45) is 10.1 Å². The summed E-state index contributed by atoms with van der Waals surface area (Å²) in [6.45, 7) is 7.54. The molecule has 0 unspecified atom stereocenters. The maximum Gasteiger partial charge on any atom is 0.124 e. The lowest BCUT2D eigenvalue weighted by atomic mass is 10.1. The van der Waals surface area contributed by atoms with Gasteiger partial charge in [0.25, 0.3) is 0 Å². The zero-order valence-electron chi connectivity index (χ0n) is 9.48. The van der Waals surface area contributed by atoms with Gasteiger partial charge in [0.05, 0.1) is 6.04 Å². The third-order valence-corrected chi connectivity index (χ3v) is 2.68. The average molecular weight is 209 g/mol. The maximum absolute atomic E-state index is 6.94. The van der Waals surface area contributed by atoms with Crippen LogP contribution in [0, 0.1) is 5.41 Å². The Morgan fingerprint density at radius 1 is 1.67 bits per heavy atom. The van der Waals surface area contributed by atoms with Gasteiger partial charge in [-0.25, -0.2) is 10.0 Å². The highest BCUT2D eigenvalue weighted by molar-refractivity contribution is 5.86. The minimum absolute atomic E-state index is 0.338. The van der Waals surface area contributed by atoms with Crippen LogP contribution in [0.15, 0.2) is 10.1 Å². The van der Waals surface area contributed by atoms with E-state index in [0.29, 0.717) is 6.04 Å². The third kappa shape index (κ3) is 3.13. The number of aliphatic imine (C=N–C) groups is 1. The topological polar surface area (TPSA) is 55.1 Å². The van der Waals surface area contributed by atoms with Crippen LogP contribution in [-0.4, -0.2) is 55.0 Å². The highest BCUT2D eigenvalue weighted by Crippen LogP contribution is 2.15. The first kappa shape index (κ1) is 11.8. The Hall–Kier alpha value is -1.23.